The van der Waals surface area contributed by atoms with Gasteiger partial charge in [-0.3, -0.25) is 0 Å². The van der Waals surface area contributed by atoms with Crippen LogP contribution in [0.15, 0.2) is 144 Å². The fourth-order valence-electron chi connectivity index (χ4n) is 8.50. The molecule has 0 aliphatic rings. The number of benzene rings is 7. The van der Waals surface area contributed by atoms with Crippen LogP contribution in [-0.4, -0.2) is 9.13 Å². The predicted molar refractivity (Wildman–Crippen MR) is 214 cm³/mol. The Bertz CT molecular complexity index is 3150. The van der Waals surface area contributed by atoms with Gasteiger partial charge in [0.2, 0.25) is 0 Å². The first kappa shape index (κ1) is 28.0. The quantitative estimate of drug-likeness (QED) is 0.180. The maximum atomic E-state index is 6.41. The van der Waals surface area contributed by atoms with Crippen molar-refractivity contribution in [2.24, 2.45) is 0 Å². The Morgan fingerprint density at radius 2 is 1.24 bits per heavy atom. The third kappa shape index (κ3) is 3.80. The Hall–Kier alpha value is -5.84. The number of aryl methyl sites for hydroxylation is 1. The molecule has 0 saturated carbocycles. The van der Waals surface area contributed by atoms with E-state index in [1.165, 1.54) is 87.9 Å². The molecule has 4 heteroatoms. The second kappa shape index (κ2) is 10.6. The summed E-state index contributed by atoms with van der Waals surface area (Å²) in [5.41, 5.74) is 10.4. The van der Waals surface area contributed by atoms with E-state index in [9.17, 15) is 0 Å². The maximum Gasteiger partial charge on any atom is 0.137 e. The number of para-hydroxylation sites is 3. The van der Waals surface area contributed by atoms with Gasteiger partial charge in [-0.15, -0.1) is 11.3 Å². The third-order valence-electron chi connectivity index (χ3n) is 10.7. The number of unbranched alkanes of at least 4 members (excludes halogenated alkanes) is 1. The van der Waals surface area contributed by atoms with Crippen molar-refractivity contribution in [2.75, 3.05) is 0 Å². The zero-order valence-corrected chi connectivity index (χ0v) is 28.4. The molecule has 7 aromatic carbocycles. The monoisotopic (exact) mass is 660 g/mol. The number of fused-ring (bicyclic) bond motifs is 13. The third-order valence-corrected chi connectivity index (χ3v) is 11.9. The Morgan fingerprint density at radius 1 is 0.520 bits per heavy atom. The Labute approximate surface area is 292 Å². The molecule has 0 fully saturated rings. The van der Waals surface area contributed by atoms with Gasteiger partial charge in [-0.2, -0.15) is 0 Å². The van der Waals surface area contributed by atoms with E-state index in [-0.39, 0.29) is 0 Å². The first-order valence-electron chi connectivity index (χ1n) is 17.6. The fraction of sp³-hybridized carbons (Fsp3) is 0.0870. The Morgan fingerprint density at radius 3 is 2.12 bits per heavy atom. The molecule has 0 radical (unpaired) electrons. The Balaban J connectivity index is 1.28. The lowest BCUT2D eigenvalue weighted by atomic mass is 10.0. The molecule has 238 valence electrons. The number of nitrogens with zero attached hydrogens (tertiary/aromatic N) is 2. The summed E-state index contributed by atoms with van der Waals surface area (Å²) in [6, 6.07) is 51.3. The average Bonchev–Trinajstić information content (AvgIpc) is 3.91. The number of hydrogen-bond acceptors (Lipinski definition) is 2. The molecular weight excluding hydrogens is 629 g/mol. The van der Waals surface area contributed by atoms with Crippen molar-refractivity contribution in [1.29, 1.82) is 0 Å². The molecule has 0 N–H and O–H groups in total. The maximum absolute atomic E-state index is 6.41. The van der Waals surface area contributed by atoms with Gasteiger partial charge in [0, 0.05) is 42.4 Å². The molecule has 0 aliphatic carbocycles. The van der Waals surface area contributed by atoms with E-state index < -0.39 is 0 Å². The minimum Gasteiger partial charge on any atom is -0.456 e. The van der Waals surface area contributed by atoms with Crippen LogP contribution in [0.3, 0.4) is 0 Å². The molecule has 0 atom stereocenters. The Kier molecular flexibility index (Phi) is 5.93. The van der Waals surface area contributed by atoms with Crippen LogP contribution in [-0.2, 0) is 6.42 Å². The van der Waals surface area contributed by atoms with Crippen LogP contribution in [0, 0.1) is 0 Å². The zero-order chi connectivity index (χ0) is 32.9. The van der Waals surface area contributed by atoms with E-state index in [0.29, 0.717) is 0 Å². The zero-order valence-electron chi connectivity index (χ0n) is 27.6. The van der Waals surface area contributed by atoms with Crippen LogP contribution < -0.4 is 0 Å². The van der Waals surface area contributed by atoms with Crippen LogP contribution in [0.1, 0.15) is 25.3 Å². The summed E-state index contributed by atoms with van der Waals surface area (Å²) in [5.74, 6) is 0. The molecular formula is C46H32N2OS. The van der Waals surface area contributed by atoms with Gasteiger partial charge in [0.25, 0.3) is 0 Å². The number of hydrogen-bond donors (Lipinski definition) is 0. The molecule has 11 rings (SSSR count). The summed E-state index contributed by atoms with van der Waals surface area (Å²) in [6.07, 6.45) is 3.56. The molecule has 0 aliphatic heterocycles. The van der Waals surface area contributed by atoms with E-state index in [4.69, 9.17) is 4.42 Å². The van der Waals surface area contributed by atoms with Crippen LogP contribution in [0.5, 0.6) is 0 Å². The lowest BCUT2D eigenvalue weighted by Crippen LogP contribution is -1.96. The largest absolute Gasteiger partial charge is 0.456 e. The molecule has 0 saturated heterocycles. The molecule has 4 heterocycles. The van der Waals surface area contributed by atoms with Crippen LogP contribution in [0.2, 0.25) is 0 Å². The molecule has 11 aromatic rings. The van der Waals surface area contributed by atoms with Gasteiger partial charge in [-0.1, -0.05) is 98.3 Å². The van der Waals surface area contributed by atoms with E-state index in [0.717, 1.165) is 34.0 Å². The van der Waals surface area contributed by atoms with Gasteiger partial charge in [0.15, 0.2) is 0 Å². The number of thiophene rings is 1. The number of furan rings is 1. The van der Waals surface area contributed by atoms with Crippen LogP contribution in [0.4, 0.5) is 0 Å². The van der Waals surface area contributed by atoms with Crippen molar-refractivity contribution in [3.05, 3.63) is 145 Å². The second-order valence-electron chi connectivity index (χ2n) is 13.5. The minimum absolute atomic E-state index is 0.901. The fourth-order valence-corrected chi connectivity index (χ4v) is 9.69. The number of rotatable bonds is 5. The predicted octanol–water partition coefficient (Wildman–Crippen LogP) is 13.5. The second-order valence-corrected chi connectivity index (χ2v) is 14.6. The summed E-state index contributed by atoms with van der Waals surface area (Å²) >= 11 is 1.91. The van der Waals surface area contributed by atoms with E-state index in [2.05, 4.69) is 150 Å². The normalized spacial score (nSPS) is 12.3. The van der Waals surface area contributed by atoms with Crippen LogP contribution >= 0.6 is 11.3 Å². The average molecular weight is 661 g/mol. The molecule has 0 unspecified atom stereocenters. The van der Waals surface area contributed by atoms with Crippen LogP contribution in [0.25, 0.3) is 97.1 Å². The standard InChI is InChI=1S/C46H32N2OS/c1-2-3-12-28-23-26-42-34(27-28)31-16-10-20-39(46(31)50-42)47-36-18-8-5-14-32(36)44-38(47)25-24-30-29-13-4-7-17-35(29)48(45(30)44)37-19-11-22-41-43(37)33-15-6-9-21-40(33)49-41/h4-11,13-27H,2-3,12H2,1H3. The first-order valence-corrected chi connectivity index (χ1v) is 18.4. The summed E-state index contributed by atoms with van der Waals surface area (Å²) < 4.78 is 14.1. The van der Waals surface area contributed by atoms with Crippen molar-refractivity contribution in [1.82, 2.24) is 9.13 Å². The van der Waals surface area contributed by atoms with Gasteiger partial charge >= 0.3 is 0 Å². The molecule has 4 aromatic heterocycles. The SMILES string of the molecule is CCCCc1ccc2sc3c(-n4c5ccccc5c5c4ccc4c6ccccc6n(-c6cccc7oc8ccccc8c67)c45)cccc3c2c1. The summed E-state index contributed by atoms with van der Waals surface area (Å²) in [7, 11) is 0. The molecule has 0 amide bonds. The van der Waals surface area contributed by atoms with Gasteiger partial charge in [-0.05, 0) is 73.0 Å². The van der Waals surface area contributed by atoms with Crippen molar-refractivity contribution in [3.63, 3.8) is 0 Å². The summed E-state index contributed by atoms with van der Waals surface area (Å²) in [6.45, 7) is 2.27. The molecule has 0 spiro atoms. The summed E-state index contributed by atoms with van der Waals surface area (Å²) in [4.78, 5) is 0. The highest BCUT2D eigenvalue weighted by Crippen LogP contribution is 2.46. The molecule has 50 heavy (non-hydrogen) atoms. The minimum atomic E-state index is 0.901. The topological polar surface area (TPSA) is 23.0 Å². The van der Waals surface area contributed by atoms with Gasteiger partial charge < -0.3 is 13.6 Å². The highest BCUT2D eigenvalue weighted by atomic mass is 32.1. The van der Waals surface area contributed by atoms with Gasteiger partial charge in [0.1, 0.15) is 11.2 Å². The van der Waals surface area contributed by atoms with Crippen molar-refractivity contribution in [3.8, 4) is 11.4 Å². The lowest BCUT2D eigenvalue weighted by molar-refractivity contribution is 0.669. The van der Waals surface area contributed by atoms with Crippen molar-refractivity contribution < 1.29 is 4.42 Å². The molecule has 0 bridgehead atoms. The van der Waals surface area contributed by atoms with Crippen molar-refractivity contribution >= 4 is 97.1 Å². The van der Waals surface area contributed by atoms with Gasteiger partial charge in [0.05, 0.1) is 43.5 Å². The van der Waals surface area contributed by atoms with E-state index in [1.54, 1.807) is 0 Å². The highest BCUT2D eigenvalue weighted by molar-refractivity contribution is 7.26. The van der Waals surface area contributed by atoms with Gasteiger partial charge in [-0.25, -0.2) is 0 Å². The highest BCUT2D eigenvalue weighted by Gasteiger charge is 2.23. The lowest BCUT2D eigenvalue weighted by Gasteiger charge is -2.12. The van der Waals surface area contributed by atoms with E-state index >= 15 is 0 Å². The van der Waals surface area contributed by atoms with E-state index in [1.807, 2.05) is 17.4 Å². The number of aromatic nitrogens is 2. The summed E-state index contributed by atoms with van der Waals surface area (Å²) in [5, 5.41) is 9.98. The smallest absolute Gasteiger partial charge is 0.137 e. The first-order chi connectivity index (χ1) is 24.8. The molecule has 3 nitrogen and oxygen atoms in total. The van der Waals surface area contributed by atoms with Crippen molar-refractivity contribution in [2.45, 2.75) is 26.2 Å².